The summed E-state index contributed by atoms with van der Waals surface area (Å²) in [6, 6.07) is 47.9. The van der Waals surface area contributed by atoms with Crippen LogP contribution >= 0.6 is 0 Å². The van der Waals surface area contributed by atoms with E-state index in [-0.39, 0.29) is 0 Å². The first kappa shape index (κ1) is 20.3. The van der Waals surface area contributed by atoms with Crippen LogP contribution < -0.4 is 0 Å². The molecular weight excluding hydrogens is 448 g/mol. The van der Waals surface area contributed by atoms with Gasteiger partial charge in [0.15, 0.2) is 0 Å². The second kappa shape index (κ2) is 7.81. The van der Waals surface area contributed by atoms with Gasteiger partial charge in [0.25, 0.3) is 0 Å². The lowest BCUT2D eigenvalue weighted by Crippen LogP contribution is -1.86. The molecule has 8 rings (SSSR count). The van der Waals surface area contributed by atoms with Crippen molar-refractivity contribution >= 4 is 54.3 Å². The quantitative estimate of drug-likeness (QED) is 0.229. The Kier molecular flexibility index (Phi) is 4.29. The number of rotatable bonds is 2. The maximum Gasteiger partial charge on any atom is 0.143 e. The minimum Gasteiger partial charge on any atom is -0.455 e. The van der Waals surface area contributed by atoms with Crippen LogP contribution in [0.5, 0.6) is 0 Å². The van der Waals surface area contributed by atoms with Crippen LogP contribution in [0.25, 0.3) is 76.5 Å². The van der Waals surface area contributed by atoms with Crippen molar-refractivity contribution in [2.75, 3.05) is 0 Å². The molecule has 0 amide bonds. The summed E-state index contributed by atoms with van der Waals surface area (Å²) in [6.07, 6.45) is 0. The van der Waals surface area contributed by atoms with Gasteiger partial charge in [0.05, 0.1) is 0 Å². The Morgan fingerprint density at radius 3 is 1.84 bits per heavy atom. The van der Waals surface area contributed by atoms with Crippen molar-refractivity contribution < 1.29 is 4.42 Å². The lowest BCUT2D eigenvalue weighted by Gasteiger charge is -2.12. The van der Waals surface area contributed by atoms with Gasteiger partial charge in [-0.25, -0.2) is 0 Å². The van der Waals surface area contributed by atoms with Gasteiger partial charge in [-0.3, -0.25) is 0 Å². The standard InChI is InChI=1S/C36H22O/c1-2-9-24-20-27(19-18-23(24)8-1)28-13-5-10-25-22-34-26(21-33(25)28)11-6-14-29(34)31-15-7-16-32-30-12-3-4-17-35(30)37-36(31)32/h1-22H. The average Bonchev–Trinajstić information content (AvgIpc) is 3.34. The zero-order valence-electron chi connectivity index (χ0n) is 20.1. The largest absolute Gasteiger partial charge is 0.455 e. The van der Waals surface area contributed by atoms with Crippen molar-refractivity contribution in [1.82, 2.24) is 0 Å². The van der Waals surface area contributed by atoms with Gasteiger partial charge in [0.2, 0.25) is 0 Å². The number of furan rings is 1. The van der Waals surface area contributed by atoms with Gasteiger partial charge in [-0.1, -0.05) is 109 Å². The molecule has 1 aromatic heterocycles. The van der Waals surface area contributed by atoms with Crippen LogP contribution in [0, 0.1) is 0 Å². The fraction of sp³-hybridized carbons (Fsp3) is 0. The highest BCUT2D eigenvalue weighted by atomic mass is 16.3. The average molecular weight is 471 g/mol. The molecule has 0 saturated carbocycles. The fourth-order valence-electron chi connectivity index (χ4n) is 5.85. The summed E-state index contributed by atoms with van der Waals surface area (Å²) >= 11 is 0. The molecule has 7 aromatic carbocycles. The van der Waals surface area contributed by atoms with Crippen LogP contribution in [0.1, 0.15) is 0 Å². The van der Waals surface area contributed by atoms with Crippen molar-refractivity contribution in [3.05, 3.63) is 133 Å². The molecule has 0 atom stereocenters. The van der Waals surface area contributed by atoms with E-state index in [1.807, 2.05) is 12.1 Å². The topological polar surface area (TPSA) is 13.1 Å². The maximum absolute atomic E-state index is 6.39. The molecule has 172 valence electrons. The SMILES string of the molecule is c1ccc2cc(-c3cccc4cc5c(-c6cccc7c6oc6ccccc67)cccc5cc34)ccc2c1. The van der Waals surface area contributed by atoms with E-state index in [1.54, 1.807) is 0 Å². The van der Waals surface area contributed by atoms with Crippen LogP contribution in [-0.4, -0.2) is 0 Å². The maximum atomic E-state index is 6.39. The molecule has 0 bridgehead atoms. The van der Waals surface area contributed by atoms with E-state index in [4.69, 9.17) is 4.42 Å². The molecule has 8 aromatic rings. The first-order chi connectivity index (χ1) is 18.3. The number of para-hydroxylation sites is 2. The molecule has 0 fully saturated rings. The van der Waals surface area contributed by atoms with Crippen LogP contribution in [0.3, 0.4) is 0 Å². The summed E-state index contributed by atoms with van der Waals surface area (Å²) in [4.78, 5) is 0. The van der Waals surface area contributed by atoms with Gasteiger partial charge in [-0.05, 0) is 73.3 Å². The summed E-state index contributed by atoms with van der Waals surface area (Å²) in [6.45, 7) is 0. The second-order valence-electron chi connectivity index (χ2n) is 9.75. The number of hydrogen-bond donors (Lipinski definition) is 0. The van der Waals surface area contributed by atoms with Crippen molar-refractivity contribution in [3.63, 3.8) is 0 Å². The summed E-state index contributed by atoms with van der Waals surface area (Å²) < 4.78 is 6.39. The Balaban J connectivity index is 1.37. The highest BCUT2D eigenvalue weighted by Gasteiger charge is 2.15. The van der Waals surface area contributed by atoms with Gasteiger partial charge < -0.3 is 4.42 Å². The smallest absolute Gasteiger partial charge is 0.143 e. The van der Waals surface area contributed by atoms with Gasteiger partial charge in [-0.2, -0.15) is 0 Å². The van der Waals surface area contributed by atoms with E-state index < -0.39 is 0 Å². The monoisotopic (exact) mass is 470 g/mol. The lowest BCUT2D eigenvalue weighted by molar-refractivity contribution is 0.670. The summed E-state index contributed by atoms with van der Waals surface area (Å²) in [5, 5.41) is 9.81. The summed E-state index contributed by atoms with van der Waals surface area (Å²) in [5.41, 5.74) is 6.70. The Bertz CT molecular complexity index is 2140. The zero-order valence-corrected chi connectivity index (χ0v) is 20.1. The predicted octanol–water partition coefficient (Wildman–Crippen LogP) is 10.4. The predicted molar refractivity (Wildman–Crippen MR) is 157 cm³/mol. The number of hydrogen-bond acceptors (Lipinski definition) is 1. The first-order valence-corrected chi connectivity index (χ1v) is 12.7. The van der Waals surface area contributed by atoms with Gasteiger partial charge >= 0.3 is 0 Å². The highest BCUT2D eigenvalue weighted by molar-refractivity contribution is 6.14. The Morgan fingerprint density at radius 1 is 0.351 bits per heavy atom. The third-order valence-electron chi connectivity index (χ3n) is 7.63. The van der Waals surface area contributed by atoms with E-state index in [2.05, 4.69) is 121 Å². The lowest BCUT2D eigenvalue weighted by atomic mass is 9.91. The van der Waals surface area contributed by atoms with Crippen LogP contribution in [-0.2, 0) is 0 Å². The molecule has 1 nitrogen and oxygen atoms in total. The minimum absolute atomic E-state index is 0.927. The Morgan fingerprint density at radius 2 is 0.973 bits per heavy atom. The van der Waals surface area contributed by atoms with Crippen molar-refractivity contribution in [1.29, 1.82) is 0 Å². The molecule has 37 heavy (non-hydrogen) atoms. The summed E-state index contributed by atoms with van der Waals surface area (Å²) in [5.74, 6) is 0. The van der Waals surface area contributed by atoms with E-state index in [1.165, 1.54) is 49.0 Å². The Hall–Kier alpha value is -4.88. The highest BCUT2D eigenvalue weighted by Crippen LogP contribution is 2.40. The fourth-order valence-corrected chi connectivity index (χ4v) is 5.85. The Labute approximate surface area is 214 Å². The molecule has 0 aliphatic rings. The zero-order chi connectivity index (χ0) is 24.3. The molecule has 0 spiro atoms. The van der Waals surface area contributed by atoms with E-state index in [0.717, 1.165) is 27.5 Å². The molecular formula is C36H22O. The van der Waals surface area contributed by atoms with Crippen LogP contribution in [0.15, 0.2) is 138 Å². The van der Waals surface area contributed by atoms with Gasteiger partial charge in [-0.15, -0.1) is 0 Å². The second-order valence-corrected chi connectivity index (χ2v) is 9.75. The molecule has 0 aliphatic carbocycles. The third kappa shape index (κ3) is 3.11. The molecule has 0 unspecified atom stereocenters. The molecule has 1 heterocycles. The third-order valence-corrected chi connectivity index (χ3v) is 7.63. The minimum atomic E-state index is 0.927. The molecule has 1 heteroatoms. The molecule has 0 radical (unpaired) electrons. The normalized spacial score (nSPS) is 11.8. The van der Waals surface area contributed by atoms with Crippen LogP contribution in [0.4, 0.5) is 0 Å². The van der Waals surface area contributed by atoms with E-state index in [9.17, 15) is 0 Å². The van der Waals surface area contributed by atoms with E-state index >= 15 is 0 Å². The first-order valence-electron chi connectivity index (χ1n) is 12.7. The van der Waals surface area contributed by atoms with Crippen molar-refractivity contribution in [2.45, 2.75) is 0 Å². The molecule has 0 aliphatic heterocycles. The summed E-state index contributed by atoms with van der Waals surface area (Å²) in [7, 11) is 0. The van der Waals surface area contributed by atoms with Crippen molar-refractivity contribution in [2.24, 2.45) is 0 Å². The van der Waals surface area contributed by atoms with E-state index in [0.29, 0.717) is 0 Å². The van der Waals surface area contributed by atoms with Crippen LogP contribution in [0.2, 0.25) is 0 Å². The molecule has 0 saturated heterocycles. The van der Waals surface area contributed by atoms with Crippen molar-refractivity contribution in [3.8, 4) is 22.3 Å². The number of fused-ring (bicyclic) bond motifs is 6. The number of benzene rings is 7. The van der Waals surface area contributed by atoms with Gasteiger partial charge in [0, 0.05) is 16.3 Å². The molecule has 0 N–H and O–H groups in total. The van der Waals surface area contributed by atoms with Gasteiger partial charge in [0.1, 0.15) is 11.2 Å².